The van der Waals surface area contributed by atoms with E-state index in [0.717, 1.165) is 32.1 Å². The minimum absolute atomic E-state index is 0.0526. The Bertz CT molecular complexity index is 1450. The highest BCUT2D eigenvalue weighted by atomic mass is 32.2. The Labute approximate surface area is 197 Å². The molecule has 6 rings (SSSR count). The van der Waals surface area contributed by atoms with Crippen LogP contribution in [0.1, 0.15) is 55.4 Å². The molecule has 8 nitrogen and oxygen atoms in total. The summed E-state index contributed by atoms with van der Waals surface area (Å²) >= 11 is 0. The van der Waals surface area contributed by atoms with E-state index in [9.17, 15) is 18.0 Å². The van der Waals surface area contributed by atoms with Crippen LogP contribution in [0.3, 0.4) is 0 Å². The summed E-state index contributed by atoms with van der Waals surface area (Å²) in [6.07, 6.45) is 7.54. The van der Waals surface area contributed by atoms with Crippen LogP contribution in [0.4, 0.5) is 5.69 Å². The first-order chi connectivity index (χ1) is 16.3. The number of rotatable bonds is 4. The summed E-state index contributed by atoms with van der Waals surface area (Å²) in [5, 5.41) is 8.33. The lowest BCUT2D eigenvalue weighted by atomic mass is 9.69. The smallest absolute Gasteiger partial charge is 0.256 e. The van der Waals surface area contributed by atoms with Crippen LogP contribution in [-0.2, 0) is 14.6 Å². The molecule has 1 saturated heterocycles. The molecule has 0 bridgehead atoms. The number of nitrogens with zero attached hydrogens (tertiary/aromatic N) is 3. The number of carbonyl (C=O) groups excluding carboxylic acids is 2. The average Bonchev–Trinajstić information content (AvgIpc) is 3.44. The second-order valence-corrected chi connectivity index (χ2v) is 11.8. The first-order valence-corrected chi connectivity index (χ1v) is 13.2. The zero-order valence-corrected chi connectivity index (χ0v) is 19.8. The summed E-state index contributed by atoms with van der Waals surface area (Å²) in [6.45, 7) is 3.38. The van der Waals surface area contributed by atoms with Crippen molar-refractivity contribution in [1.82, 2.24) is 14.7 Å². The number of anilines is 1. The van der Waals surface area contributed by atoms with E-state index in [-0.39, 0.29) is 33.1 Å². The lowest BCUT2D eigenvalue weighted by Crippen LogP contribution is -2.49. The molecule has 2 amide bonds. The van der Waals surface area contributed by atoms with Crippen molar-refractivity contribution in [3.63, 3.8) is 0 Å². The predicted molar refractivity (Wildman–Crippen MR) is 126 cm³/mol. The number of hydrogen-bond donors (Lipinski definition) is 1. The zero-order valence-electron chi connectivity index (χ0n) is 19.0. The third-order valence-corrected chi connectivity index (χ3v) is 9.54. The molecule has 0 unspecified atom stereocenters. The van der Waals surface area contributed by atoms with E-state index >= 15 is 0 Å². The van der Waals surface area contributed by atoms with Crippen LogP contribution in [0, 0.1) is 5.41 Å². The van der Waals surface area contributed by atoms with Crippen molar-refractivity contribution in [3.8, 4) is 0 Å². The number of sulfone groups is 1. The van der Waals surface area contributed by atoms with Gasteiger partial charge in [0.15, 0.2) is 0 Å². The number of amides is 2. The molecule has 3 aliphatic rings. The van der Waals surface area contributed by atoms with Gasteiger partial charge in [0, 0.05) is 46.7 Å². The number of benzene rings is 2. The van der Waals surface area contributed by atoms with Gasteiger partial charge in [-0.3, -0.25) is 14.3 Å². The molecule has 2 aliphatic heterocycles. The van der Waals surface area contributed by atoms with Gasteiger partial charge < -0.3 is 10.2 Å². The van der Waals surface area contributed by atoms with E-state index in [0.29, 0.717) is 35.1 Å². The molecule has 0 radical (unpaired) electrons. The minimum atomic E-state index is -3.83. The quantitative estimate of drug-likeness (QED) is 0.615. The van der Waals surface area contributed by atoms with Crippen molar-refractivity contribution in [3.05, 3.63) is 48.3 Å². The maximum absolute atomic E-state index is 13.5. The van der Waals surface area contributed by atoms with Crippen molar-refractivity contribution in [2.45, 2.75) is 54.9 Å². The number of nitrogens with one attached hydrogen (secondary N) is 1. The van der Waals surface area contributed by atoms with Gasteiger partial charge in [-0.25, -0.2) is 8.42 Å². The highest BCUT2D eigenvalue weighted by Gasteiger charge is 2.42. The second-order valence-electron chi connectivity index (χ2n) is 9.89. The zero-order chi connectivity index (χ0) is 23.7. The largest absolute Gasteiger partial charge is 0.342 e. The summed E-state index contributed by atoms with van der Waals surface area (Å²) in [6, 6.07) is 8.37. The molecular formula is C25H26N4O4S. The molecular weight excluding hydrogens is 452 g/mol. The Morgan fingerprint density at radius 3 is 2.62 bits per heavy atom. The lowest BCUT2D eigenvalue weighted by Gasteiger charge is -2.43. The first-order valence-electron chi connectivity index (χ1n) is 11.7. The van der Waals surface area contributed by atoms with Crippen LogP contribution in [0.5, 0.6) is 0 Å². The van der Waals surface area contributed by atoms with E-state index in [1.54, 1.807) is 41.2 Å². The van der Waals surface area contributed by atoms with E-state index in [4.69, 9.17) is 0 Å². The van der Waals surface area contributed by atoms with Crippen LogP contribution >= 0.6 is 0 Å². The standard InChI is InChI=1S/C25H26N4O4S/c1-25(10-3-11-25)24(31)28-12-8-16(9-13-28)29-15-17(14-26-29)34(32,33)21-7-6-20-22-18(21)4-2-5-19(22)23(30)27-20/h2,4-7,14-16H,3,8-13H2,1H3,(H,27,30). The van der Waals surface area contributed by atoms with Gasteiger partial charge >= 0.3 is 0 Å². The summed E-state index contributed by atoms with van der Waals surface area (Å²) in [5.74, 6) is 0.0278. The van der Waals surface area contributed by atoms with Crippen molar-refractivity contribution in [2.75, 3.05) is 18.4 Å². The fraction of sp³-hybridized carbons (Fsp3) is 0.400. The third kappa shape index (κ3) is 3.10. The monoisotopic (exact) mass is 478 g/mol. The second kappa shape index (κ2) is 7.40. The van der Waals surface area contributed by atoms with Gasteiger partial charge in [-0.15, -0.1) is 0 Å². The molecule has 0 spiro atoms. The number of carbonyl (C=O) groups is 2. The Kier molecular flexibility index (Phi) is 4.64. The number of hydrogen-bond acceptors (Lipinski definition) is 5. The van der Waals surface area contributed by atoms with Gasteiger partial charge in [0.25, 0.3) is 5.91 Å². The van der Waals surface area contributed by atoms with E-state index in [1.807, 2.05) is 4.90 Å². The molecule has 1 saturated carbocycles. The maximum Gasteiger partial charge on any atom is 0.256 e. The van der Waals surface area contributed by atoms with Gasteiger partial charge in [0.1, 0.15) is 4.90 Å². The van der Waals surface area contributed by atoms with E-state index in [2.05, 4.69) is 17.3 Å². The average molecular weight is 479 g/mol. The Morgan fingerprint density at radius 2 is 1.91 bits per heavy atom. The predicted octanol–water partition coefficient (Wildman–Crippen LogP) is 3.79. The molecule has 34 heavy (non-hydrogen) atoms. The van der Waals surface area contributed by atoms with Gasteiger partial charge in [-0.1, -0.05) is 25.5 Å². The van der Waals surface area contributed by atoms with Gasteiger partial charge in [-0.05, 0) is 43.9 Å². The fourth-order valence-corrected chi connectivity index (χ4v) is 6.91. The van der Waals surface area contributed by atoms with Crippen LogP contribution in [0.15, 0.2) is 52.5 Å². The molecule has 3 heterocycles. The van der Waals surface area contributed by atoms with Crippen LogP contribution < -0.4 is 5.32 Å². The number of aromatic nitrogens is 2. The third-order valence-electron chi connectivity index (χ3n) is 7.77. The maximum atomic E-state index is 13.5. The molecule has 2 aromatic carbocycles. The van der Waals surface area contributed by atoms with Crippen molar-refractivity contribution >= 4 is 38.1 Å². The van der Waals surface area contributed by atoms with Crippen molar-refractivity contribution < 1.29 is 18.0 Å². The summed E-state index contributed by atoms with van der Waals surface area (Å²) in [4.78, 5) is 27.3. The SMILES string of the molecule is CC1(C(=O)N2CCC(n3cc(S(=O)(=O)c4ccc5c6c(cccc46)C(=O)N5)cn3)CC2)CCC1. The van der Waals surface area contributed by atoms with E-state index in [1.165, 1.54) is 6.20 Å². The highest BCUT2D eigenvalue weighted by Crippen LogP contribution is 2.43. The minimum Gasteiger partial charge on any atom is -0.342 e. The van der Waals surface area contributed by atoms with Crippen LogP contribution in [-0.4, -0.2) is 48.0 Å². The Morgan fingerprint density at radius 1 is 1.15 bits per heavy atom. The number of piperidine rings is 1. The number of likely N-dealkylation sites (tertiary alicyclic amines) is 1. The molecule has 2 fully saturated rings. The molecule has 1 aromatic heterocycles. The summed E-state index contributed by atoms with van der Waals surface area (Å²) in [5.41, 5.74) is 0.916. The van der Waals surface area contributed by atoms with Crippen LogP contribution in [0.2, 0.25) is 0 Å². The van der Waals surface area contributed by atoms with Crippen molar-refractivity contribution in [1.29, 1.82) is 0 Å². The summed E-state index contributed by atoms with van der Waals surface area (Å²) < 4.78 is 28.8. The topological polar surface area (TPSA) is 101 Å². The first kappa shape index (κ1) is 21.3. The summed E-state index contributed by atoms with van der Waals surface area (Å²) in [7, 11) is -3.83. The molecule has 176 valence electrons. The highest BCUT2D eigenvalue weighted by molar-refractivity contribution is 7.91. The van der Waals surface area contributed by atoms with Crippen LogP contribution in [0.25, 0.3) is 10.8 Å². The Hall–Kier alpha value is -3.20. The molecule has 1 N–H and O–H groups in total. The lowest BCUT2D eigenvalue weighted by molar-refractivity contribution is -0.147. The van der Waals surface area contributed by atoms with Gasteiger partial charge in [-0.2, -0.15) is 5.10 Å². The van der Waals surface area contributed by atoms with E-state index < -0.39 is 9.84 Å². The normalized spacial score (nSPS) is 19.8. The fourth-order valence-electron chi connectivity index (χ4n) is 5.52. The van der Waals surface area contributed by atoms with Crippen molar-refractivity contribution in [2.24, 2.45) is 5.41 Å². The molecule has 3 aromatic rings. The molecule has 0 atom stereocenters. The van der Waals surface area contributed by atoms with Gasteiger partial charge in [0.2, 0.25) is 15.7 Å². The Balaban J connectivity index is 1.25. The van der Waals surface area contributed by atoms with Gasteiger partial charge in [0.05, 0.1) is 17.1 Å². The molecule has 1 aliphatic carbocycles. The molecule has 9 heteroatoms.